The van der Waals surface area contributed by atoms with Gasteiger partial charge in [-0.2, -0.15) is 0 Å². The molecule has 10 heteroatoms. The lowest BCUT2D eigenvalue weighted by Crippen LogP contribution is -2.44. The van der Waals surface area contributed by atoms with Gasteiger partial charge in [0, 0.05) is 60.9 Å². The first-order chi connectivity index (χ1) is 17.0. The number of rotatable bonds is 6. The minimum absolute atomic E-state index is 0.0184. The maximum Gasteiger partial charge on any atom is 0.270 e. The molecule has 178 valence electrons. The van der Waals surface area contributed by atoms with Crippen LogP contribution in [-0.4, -0.2) is 59.9 Å². The van der Waals surface area contributed by atoms with E-state index in [0.29, 0.717) is 15.7 Å². The Labute approximate surface area is 206 Å². The molecule has 0 atom stereocenters. The molecule has 4 N–H and O–H groups in total. The first-order valence-electron chi connectivity index (χ1n) is 11.2. The number of carbonyl (C=O) groups excluding carboxylic acids is 2. The molecule has 0 bridgehead atoms. The Kier molecular flexibility index (Phi) is 6.30. The van der Waals surface area contributed by atoms with Gasteiger partial charge in [-0.15, -0.1) is 0 Å². The van der Waals surface area contributed by atoms with E-state index in [0.717, 1.165) is 59.7 Å². The van der Waals surface area contributed by atoms with E-state index in [2.05, 4.69) is 37.4 Å². The molecule has 5 rings (SSSR count). The topological polar surface area (TPSA) is 116 Å². The molecule has 2 aromatic heterocycles. The van der Waals surface area contributed by atoms with E-state index >= 15 is 0 Å². The molecule has 1 saturated heterocycles. The van der Waals surface area contributed by atoms with Crippen molar-refractivity contribution in [1.82, 2.24) is 14.9 Å². The summed E-state index contributed by atoms with van der Waals surface area (Å²) in [6, 6.07) is 15.2. The Hall–Kier alpha value is -4.02. The average molecular weight is 488 g/mol. The van der Waals surface area contributed by atoms with Gasteiger partial charge in [-0.1, -0.05) is 17.4 Å². The molecule has 1 aliphatic heterocycles. The van der Waals surface area contributed by atoms with Crippen molar-refractivity contribution in [3.8, 4) is 0 Å². The molecule has 3 heterocycles. The van der Waals surface area contributed by atoms with Crippen LogP contribution in [0.4, 0.5) is 21.5 Å². The highest BCUT2D eigenvalue weighted by atomic mass is 32.1. The Bertz CT molecular complexity index is 1380. The standard InChI is InChI=1S/C25H25N7O2S/c1-31-10-12-32(13-11-31)20-6-3-16(4-7-20)23(34)30-24-21(22(26)33)29-25(35-24)28-19-5-2-18-15-27-9-8-17(18)14-19/h2-9,14-15H,10-13H2,1H3,(H2,26,33)(H,28,29)(H,30,34). The molecule has 0 unspecified atom stereocenters. The summed E-state index contributed by atoms with van der Waals surface area (Å²) in [4.78, 5) is 37.9. The van der Waals surface area contributed by atoms with E-state index in [1.54, 1.807) is 24.5 Å². The van der Waals surface area contributed by atoms with Gasteiger partial charge < -0.3 is 26.2 Å². The summed E-state index contributed by atoms with van der Waals surface area (Å²) in [6.45, 7) is 3.93. The van der Waals surface area contributed by atoms with Crippen molar-refractivity contribution in [1.29, 1.82) is 0 Å². The zero-order valence-electron chi connectivity index (χ0n) is 19.2. The molecule has 4 aromatic rings. The molecule has 9 nitrogen and oxygen atoms in total. The van der Waals surface area contributed by atoms with E-state index in [9.17, 15) is 9.59 Å². The SMILES string of the molecule is CN1CCN(c2ccc(C(=O)Nc3sc(Nc4ccc5cnccc5c4)nc3C(N)=O)cc2)CC1. The first kappa shape index (κ1) is 22.8. The van der Waals surface area contributed by atoms with Gasteiger partial charge in [0.25, 0.3) is 11.8 Å². The predicted molar refractivity (Wildman–Crippen MR) is 140 cm³/mol. The van der Waals surface area contributed by atoms with E-state index < -0.39 is 5.91 Å². The second-order valence-corrected chi connectivity index (χ2v) is 9.41. The summed E-state index contributed by atoms with van der Waals surface area (Å²) >= 11 is 1.16. The molecular formula is C25H25N7O2S. The fourth-order valence-corrected chi connectivity index (χ4v) is 4.86. The Morgan fingerprint density at radius 2 is 1.77 bits per heavy atom. The Morgan fingerprint density at radius 1 is 1.00 bits per heavy atom. The number of likely N-dealkylation sites (N-methyl/N-ethyl adjacent to an activating group) is 1. The molecule has 0 saturated carbocycles. The average Bonchev–Trinajstić information content (AvgIpc) is 3.27. The Balaban J connectivity index is 1.31. The third kappa shape index (κ3) is 5.08. The molecule has 2 aromatic carbocycles. The van der Waals surface area contributed by atoms with Gasteiger partial charge in [0.2, 0.25) is 0 Å². The number of benzene rings is 2. The van der Waals surface area contributed by atoms with Gasteiger partial charge in [0.05, 0.1) is 0 Å². The molecule has 0 radical (unpaired) electrons. The number of amides is 2. The van der Waals surface area contributed by atoms with Gasteiger partial charge >= 0.3 is 0 Å². The number of nitrogens with one attached hydrogen (secondary N) is 2. The molecule has 35 heavy (non-hydrogen) atoms. The second kappa shape index (κ2) is 9.69. The lowest BCUT2D eigenvalue weighted by atomic mass is 10.1. The van der Waals surface area contributed by atoms with Crippen molar-refractivity contribution in [2.45, 2.75) is 0 Å². The quantitative estimate of drug-likeness (QED) is 0.381. The van der Waals surface area contributed by atoms with Crippen LogP contribution in [0, 0.1) is 0 Å². The Morgan fingerprint density at radius 3 is 2.51 bits per heavy atom. The van der Waals surface area contributed by atoms with Crippen molar-refractivity contribution in [3.63, 3.8) is 0 Å². The lowest BCUT2D eigenvalue weighted by Gasteiger charge is -2.34. The van der Waals surface area contributed by atoms with Gasteiger partial charge in [-0.25, -0.2) is 4.98 Å². The second-order valence-electron chi connectivity index (χ2n) is 8.41. The highest BCUT2D eigenvalue weighted by molar-refractivity contribution is 7.20. The molecule has 1 fully saturated rings. The number of carbonyl (C=O) groups is 2. The number of primary amides is 1. The lowest BCUT2D eigenvalue weighted by molar-refractivity contribution is 0.0997. The highest BCUT2D eigenvalue weighted by Gasteiger charge is 2.20. The van der Waals surface area contributed by atoms with Crippen molar-refractivity contribution in [2.24, 2.45) is 5.73 Å². The smallest absolute Gasteiger partial charge is 0.270 e. The van der Waals surface area contributed by atoms with Crippen molar-refractivity contribution in [2.75, 3.05) is 48.8 Å². The monoisotopic (exact) mass is 487 g/mol. The van der Waals surface area contributed by atoms with Crippen LogP contribution >= 0.6 is 11.3 Å². The van der Waals surface area contributed by atoms with E-state index in [4.69, 9.17) is 5.73 Å². The van der Waals surface area contributed by atoms with Crippen LogP contribution in [0.25, 0.3) is 10.8 Å². The number of aromatic nitrogens is 2. The van der Waals surface area contributed by atoms with Crippen molar-refractivity contribution < 1.29 is 9.59 Å². The number of hydrogen-bond donors (Lipinski definition) is 3. The minimum atomic E-state index is -0.709. The van der Waals surface area contributed by atoms with Crippen LogP contribution in [-0.2, 0) is 0 Å². The normalized spacial score (nSPS) is 14.1. The number of nitrogens with zero attached hydrogens (tertiary/aromatic N) is 4. The fraction of sp³-hybridized carbons (Fsp3) is 0.200. The highest BCUT2D eigenvalue weighted by Crippen LogP contribution is 2.32. The summed E-state index contributed by atoms with van der Waals surface area (Å²) in [5.41, 5.74) is 7.92. The summed E-state index contributed by atoms with van der Waals surface area (Å²) in [5.74, 6) is -1.04. The van der Waals surface area contributed by atoms with Crippen LogP contribution in [0.3, 0.4) is 0 Å². The number of hydrogen-bond acceptors (Lipinski definition) is 8. The van der Waals surface area contributed by atoms with E-state index in [-0.39, 0.29) is 11.6 Å². The van der Waals surface area contributed by atoms with Crippen LogP contribution in [0.5, 0.6) is 0 Å². The third-order valence-corrected chi connectivity index (χ3v) is 6.86. The maximum atomic E-state index is 12.9. The van der Waals surface area contributed by atoms with E-state index in [1.807, 2.05) is 36.4 Å². The van der Waals surface area contributed by atoms with Crippen LogP contribution in [0.1, 0.15) is 20.8 Å². The van der Waals surface area contributed by atoms with Crippen molar-refractivity contribution >= 4 is 55.4 Å². The first-order valence-corrected chi connectivity index (χ1v) is 12.0. The maximum absolute atomic E-state index is 12.9. The summed E-state index contributed by atoms with van der Waals surface area (Å²) in [6.07, 6.45) is 3.52. The number of pyridine rings is 1. The van der Waals surface area contributed by atoms with Gasteiger partial charge in [0.15, 0.2) is 10.8 Å². The van der Waals surface area contributed by atoms with Gasteiger partial charge in [-0.3, -0.25) is 14.6 Å². The third-order valence-electron chi connectivity index (χ3n) is 5.98. The molecule has 1 aliphatic rings. The summed E-state index contributed by atoms with van der Waals surface area (Å²) in [5, 5.41) is 8.78. The van der Waals surface area contributed by atoms with Crippen LogP contribution < -0.4 is 21.3 Å². The molecular weight excluding hydrogens is 462 g/mol. The number of nitrogens with two attached hydrogens (primary N) is 1. The zero-order chi connectivity index (χ0) is 24.4. The fourth-order valence-electron chi connectivity index (χ4n) is 3.97. The number of anilines is 4. The molecule has 2 amide bonds. The van der Waals surface area contributed by atoms with Crippen LogP contribution in [0.2, 0.25) is 0 Å². The largest absolute Gasteiger partial charge is 0.369 e. The zero-order valence-corrected chi connectivity index (χ0v) is 20.0. The predicted octanol–water partition coefficient (Wildman–Crippen LogP) is 3.54. The summed E-state index contributed by atoms with van der Waals surface area (Å²) < 4.78 is 0. The molecule has 0 spiro atoms. The van der Waals surface area contributed by atoms with Crippen LogP contribution in [0.15, 0.2) is 60.9 Å². The summed E-state index contributed by atoms with van der Waals surface area (Å²) in [7, 11) is 2.12. The number of piperazine rings is 1. The molecule has 0 aliphatic carbocycles. The van der Waals surface area contributed by atoms with Gasteiger partial charge in [0.1, 0.15) is 5.00 Å². The number of thiazole rings is 1. The number of fused-ring (bicyclic) bond motifs is 1. The van der Waals surface area contributed by atoms with Gasteiger partial charge in [-0.05, 0) is 54.9 Å². The minimum Gasteiger partial charge on any atom is -0.369 e. The van der Waals surface area contributed by atoms with Crippen molar-refractivity contribution in [3.05, 3.63) is 72.2 Å². The van der Waals surface area contributed by atoms with E-state index in [1.165, 1.54) is 0 Å².